The lowest BCUT2D eigenvalue weighted by Gasteiger charge is -2.06. The monoisotopic (exact) mass is 355 g/mol. The van der Waals surface area contributed by atoms with Crippen LogP contribution in [0.5, 0.6) is 5.88 Å². The fraction of sp³-hybridized carbons (Fsp3) is 0.235. The molecule has 2 N–H and O–H groups in total. The molecule has 0 radical (unpaired) electrons. The number of aromatic nitrogens is 4. The normalized spacial score (nSPS) is 10.5. The van der Waals surface area contributed by atoms with Crippen molar-refractivity contribution in [3.8, 4) is 17.3 Å². The molecule has 3 aromatic rings. The predicted molar refractivity (Wildman–Crippen MR) is 90.3 cm³/mol. The maximum atomic E-state index is 11.7. The maximum Gasteiger partial charge on any atom is 0.271 e. The molecule has 3 aromatic heterocycles. The van der Waals surface area contributed by atoms with E-state index < -0.39 is 5.91 Å². The average molecular weight is 355 g/mol. The third-order valence-corrected chi connectivity index (χ3v) is 3.53. The lowest BCUT2D eigenvalue weighted by atomic mass is 10.1. The SMILES string of the molecule is Cc1onc(-c2ccccn2)c1COc1ccc(C(=O)NCCO)nn1. The lowest BCUT2D eigenvalue weighted by molar-refractivity contribution is 0.0938. The van der Waals surface area contributed by atoms with Gasteiger partial charge in [0.25, 0.3) is 5.91 Å². The number of carbonyl (C=O) groups excluding carboxylic acids is 1. The Balaban J connectivity index is 1.68. The molecule has 0 aliphatic carbocycles. The van der Waals surface area contributed by atoms with Gasteiger partial charge in [-0.3, -0.25) is 9.78 Å². The van der Waals surface area contributed by atoms with Crippen LogP contribution < -0.4 is 10.1 Å². The summed E-state index contributed by atoms with van der Waals surface area (Å²) in [4.78, 5) is 16.0. The van der Waals surface area contributed by atoms with Gasteiger partial charge in [-0.2, -0.15) is 0 Å². The smallest absolute Gasteiger partial charge is 0.271 e. The lowest BCUT2D eigenvalue weighted by Crippen LogP contribution is -2.27. The van der Waals surface area contributed by atoms with E-state index in [1.165, 1.54) is 6.07 Å². The second-order valence-corrected chi connectivity index (χ2v) is 5.31. The third kappa shape index (κ3) is 4.01. The molecule has 0 spiro atoms. The van der Waals surface area contributed by atoms with Crippen LogP contribution in [0.15, 0.2) is 41.1 Å². The first-order valence-electron chi connectivity index (χ1n) is 7.91. The summed E-state index contributed by atoms with van der Waals surface area (Å²) in [5.41, 5.74) is 2.19. The number of hydrogen-bond acceptors (Lipinski definition) is 8. The van der Waals surface area contributed by atoms with Crippen LogP contribution in [-0.4, -0.2) is 44.5 Å². The summed E-state index contributed by atoms with van der Waals surface area (Å²) >= 11 is 0. The third-order valence-electron chi connectivity index (χ3n) is 3.53. The molecule has 0 aliphatic rings. The van der Waals surface area contributed by atoms with Crippen molar-refractivity contribution in [3.05, 3.63) is 53.5 Å². The van der Waals surface area contributed by atoms with Crippen LogP contribution in [0.4, 0.5) is 0 Å². The highest BCUT2D eigenvalue weighted by atomic mass is 16.5. The molecule has 0 aromatic carbocycles. The molecular weight excluding hydrogens is 338 g/mol. The van der Waals surface area contributed by atoms with E-state index in [0.717, 1.165) is 5.56 Å². The molecule has 3 rings (SSSR count). The van der Waals surface area contributed by atoms with Crippen molar-refractivity contribution in [3.63, 3.8) is 0 Å². The first-order chi connectivity index (χ1) is 12.7. The molecule has 9 nitrogen and oxygen atoms in total. The van der Waals surface area contributed by atoms with Crippen molar-refractivity contribution in [1.82, 2.24) is 25.7 Å². The predicted octanol–water partition coefficient (Wildman–Crippen LogP) is 1.14. The molecule has 3 heterocycles. The van der Waals surface area contributed by atoms with Crippen LogP contribution in [0.25, 0.3) is 11.4 Å². The van der Waals surface area contributed by atoms with Crippen molar-refractivity contribution in [2.45, 2.75) is 13.5 Å². The zero-order valence-corrected chi connectivity index (χ0v) is 14.0. The summed E-state index contributed by atoms with van der Waals surface area (Å²) in [7, 11) is 0. The van der Waals surface area contributed by atoms with Gasteiger partial charge in [0.1, 0.15) is 18.1 Å². The number of nitrogens with one attached hydrogen (secondary N) is 1. The molecule has 9 heteroatoms. The number of aliphatic hydroxyl groups excluding tert-OH is 1. The van der Waals surface area contributed by atoms with Crippen LogP contribution in [0.1, 0.15) is 21.8 Å². The van der Waals surface area contributed by atoms with E-state index in [-0.39, 0.29) is 31.3 Å². The number of carbonyl (C=O) groups is 1. The summed E-state index contributed by atoms with van der Waals surface area (Å²) in [6.07, 6.45) is 1.68. The van der Waals surface area contributed by atoms with Gasteiger partial charge in [0, 0.05) is 18.8 Å². The van der Waals surface area contributed by atoms with E-state index in [1.54, 1.807) is 19.2 Å². The molecule has 1 amide bonds. The standard InChI is InChI=1S/C17H17N5O4/c1-11-12(16(22-26-11)13-4-2-3-7-18-13)10-25-15-6-5-14(20-21-15)17(24)19-8-9-23/h2-7,23H,8-10H2,1H3,(H,19,24). The Morgan fingerprint density at radius 2 is 2.15 bits per heavy atom. The molecule has 26 heavy (non-hydrogen) atoms. The summed E-state index contributed by atoms with van der Waals surface area (Å²) in [6, 6.07) is 8.56. The van der Waals surface area contributed by atoms with E-state index in [0.29, 0.717) is 17.1 Å². The Kier molecular flexibility index (Phi) is 5.49. The second-order valence-electron chi connectivity index (χ2n) is 5.31. The highest BCUT2D eigenvalue weighted by Crippen LogP contribution is 2.24. The average Bonchev–Trinajstić information content (AvgIpc) is 3.06. The highest BCUT2D eigenvalue weighted by molar-refractivity contribution is 5.92. The molecule has 0 aliphatic heterocycles. The number of aliphatic hydroxyl groups is 1. The molecule has 0 atom stereocenters. The van der Waals surface area contributed by atoms with Gasteiger partial charge in [0.05, 0.1) is 17.9 Å². The van der Waals surface area contributed by atoms with Crippen molar-refractivity contribution in [2.75, 3.05) is 13.2 Å². The molecule has 0 fully saturated rings. The Morgan fingerprint density at radius 1 is 1.27 bits per heavy atom. The molecular formula is C17H17N5O4. The van der Waals surface area contributed by atoms with Gasteiger partial charge in [-0.05, 0) is 25.1 Å². The second kappa shape index (κ2) is 8.17. The Hall–Kier alpha value is -3.33. The van der Waals surface area contributed by atoms with Crippen LogP contribution in [0, 0.1) is 6.92 Å². The molecule has 0 saturated carbocycles. The van der Waals surface area contributed by atoms with E-state index in [1.807, 2.05) is 18.2 Å². The van der Waals surface area contributed by atoms with Crippen molar-refractivity contribution >= 4 is 5.91 Å². The van der Waals surface area contributed by atoms with Crippen LogP contribution in [0.3, 0.4) is 0 Å². The van der Waals surface area contributed by atoms with Crippen molar-refractivity contribution in [2.24, 2.45) is 0 Å². The van der Waals surface area contributed by atoms with Crippen LogP contribution in [0.2, 0.25) is 0 Å². The van der Waals surface area contributed by atoms with Crippen molar-refractivity contribution < 1.29 is 19.2 Å². The molecule has 0 unspecified atom stereocenters. The molecule has 0 bridgehead atoms. The number of pyridine rings is 1. The number of ether oxygens (including phenoxy) is 1. The van der Waals surface area contributed by atoms with Crippen LogP contribution >= 0.6 is 0 Å². The van der Waals surface area contributed by atoms with E-state index in [4.69, 9.17) is 14.4 Å². The summed E-state index contributed by atoms with van der Waals surface area (Å²) in [5, 5.41) is 22.9. The minimum Gasteiger partial charge on any atom is -0.472 e. The summed E-state index contributed by atoms with van der Waals surface area (Å²) in [6.45, 7) is 1.98. The van der Waals surface area contributed by atoms with Crippen molar-refractivity contribution in [1.29, 1.82) is 0 Å². The van der Waals surface area contributed by atoms with E-state index in [9.17, 15) is 4.79 Å². The van der Waals surface area contributed by atoms with Gasteiger partial charge in [0.2, 0.25) is 5.88 Å². The minimum absolute atomic E-state index is 0.140. The first-order valence-corrected chi connectivity index (χ1v) is 7.91. The molecule has 134 valence electrons. The van der Waals surface area contributed by atoms with Gasteiger partial charge in [-0.15, -0.1) is 10.2 Å². The minimum atomic E-state index is -0.412. The van der Waals surface area contributed by atoms with Crippen LogP contribution in [-0.2, 0) is 6.61 Å². The zero-order chi connectivity index (χ0) is 18.4. The fourth-order valence-electron chi connectivity index (χ4n) is 2.19. The maximum absolute atomic E-state index is 11.7. The Morgan fingerprint density at radius 3 is 2.85 bits per heavy atom. The summed E-state index contributed by atoms with van der Waals surface area (Å²) < 4.78 is 10.9. The largest absolute Gasteiger partial charge is 0.472 e. The zero-order valence-electron chi connectivity index (χ0n) is 14.0. The quantitative estimate of drug-likeness (QED) is 0.646. The van der Waals surface area contributed by atoms with E-state index >= 15 is 0 Å². The van der Waals surface area contributed by atoms with Gasteiger partial charge < -0.3 is 19.7 Å². The highest BCUT2D eigenvalue weighted by Gasteiger charge is 2.16. The number of aryl methyl sites for hydroxylation is 1. The number of hydrogen-bond donors (Lipinski definition) is 2. The first kappa shape index (κ1) is 17.5. The number of nitrogens with zero attached hydrogens (tertiary/aromatic N) is 4. The molecule has 0 saturated heterocycles. The summed E-state index contributed by atoms with van der Waals surface area (Å²) in [5.74, 6) is 0.473. The Labute approximate surface area is 149 Å². The van der Waals surface area contributed by atoms with Gasteiger partial charge in [0.15, 0.2) is 5.69 Å². The number of amides is 1. The van der Waals surface area contributed by atoms with Gasteiger partial charge >= 0.3 is 0 Å². The Bertz CT molecular complexity index is 865. The fourth-order valence-corrected chi connectivity index (χ4v) is 2.19. The van der Waals surface area contributed by atoms with E-state index in [2.05, 4.69) is 25.7 Å². The van der Waals surface area contributed by atoms with Gasteiger partial charge in [-0.25, -0.2) is 0 Å². The number of rotatable bonds is 7. The topological polar surface area (TPSA) is 123 Å². The van der Waals surface area contributed by atoms with Gasteiger partial charge in [-0.1, -0.05) is 11.2 Å².